The lowest BCUT2D eigenvalue weighted by Gasteiger charge is -2.24. The molecule has 3 nitrogen and oxygen atoms in total. The van der Waals surface area contributed by atoms with Crippen LogP contribution in [-0.4, -0.2) is 75.1 Å². The van der Waals surface area contributed by atoms with Gasteiger partial charge in [0.2, 0.25) is 0 Å². The average Bonchev–Trinajstić information content (AvgIpc) is 2.60. The molecule has 0 N–H and O–H groups in total. The molecule has 0 saturated heterocycles. The molecule has 0 aromatic carbocycles. The molecule has 0 unspecified atom stereocenters. The van der Waals surface area contributed by atoms with Crippen LogP contribution in [0.1, 0.15) is 84.5 Å². The molecule has 0 bridgehead atoms. The highest BCUT2D eigenvalue weighted by Crippen LogP contribution is 2.10. The van der Waals surface area contributed by atoms with E-state index >= 15 is 0 Å². The van der Waals surface area contributed by atoms with Gasteiger partial charge in [0.05, 0.1) is 0 Å². The Labute approximate surface area is 160 Å². The topological polar surface area (TPSA) is 9.72 Å². The van der Waals surface area contributed by atoms with E-state index in [-0.39, 0.29) is 0 Å². The molecule has 0 aromatic heterocycles. The van der Waals surface area contributed by atoms with Crippen LogP contribution in [0, 0.1) is 0 Å². The van der Waals surface area contributed by atoms with Crippen LogP contribution in [0.25, 0.3) is 0 Å². The Bertz CT molecular complexity index is 258. The first kappa shape index (κ1) is 24.9. The maximum absolute atomic E-state index is 2.51. The fourth-order valence-corrected chi connectivity index (χ4v) is 3.27. The van der Waals surface area contributed by atoms with Gasteiger partial charge in [-0.05, 0) is 47.1 Å². The molecular weight excluding hydrogens is 306 g/mol. The van der Waals surface area contributed by atoms with Crippen molar-refractivity contribution in [3.05, 3.63) is 0 Å². The van der Waals surface area contributed by atoms with Gasteiger partial charge in [-0.1, -0.05) is 71.6 Å². The molecule has 0 aliphatic carbocycles. The van der Waals surface area contributed by atoms with E-state index in [0.29, 0.717) is 0 Å². The summed E-state index contributed by atoms with van der Waals surface area (Å²) in [6.07, 6.45) is 15.5. The van der Waals surface area contributed by atoms with Crippen molar-refractivity contribution in [3.8, 4) is 0 Å². The Balaban J connectivity index is 3.36. The Morgan fingerprint density at radius 3 is 1.16 bits per heavy atom. The number of nitrogens with zero attached hydrogens (tertiary/aromatic N) is 3. The molecule has 0 rings (SSSR count). The van der Waals surface area contributed by atoms with Crippen molar-refractivity contribution in [3.63, 3.8) is 0 Å². The van der Waals surface area contributed by atoms with Crippen LogP contribution in [0.15, 0.2) is 0 Å². The SMILES string of the molecule is CCCCCCCCCCCCN(C)CCN(C)CCN(C)CCC. The van der Waals surface area contributed by atoms with Gasteiger partial charge in [-0.15, -0.1) is 0 Å². The maximum Gasteiger partial charge on any atom is 0.0107 e. The molecular formula is C22H49N3. The zero-order valence-electron chi connectivity index (χ0n) is 18.4. The number of rotatable bonds is 19. The summed E-state index contributed by atoms with van der Waals surface area (Å²) in [5.41, 5.74) is 0. The molecule has 0 amide bonds. The zero-order chi connectivity index (χ0) is 18.8. The van der Waals surface area contributed by atoms with Crippen LogP contribution < -0.4 is 0 Å². The van der Waals surface area contributed by atoms with E-state index in [9.17, 15) is 0 Å². The van der Waals surface area contributed by atoms with Gasteiger partial charge in [-0.2, -0.15) is 0 Å². The van der Waals surface area contributed by atoms with Gasteiger partial charge in [-0.3, -0.25) is 0 Å². The van der Waals surface area contributed by atoms with Crippen LogP contribution in [-0.2, 0) is 0 Å². The summed E-state index contributed by atoms with van der Waals surface area (Å²) in [6.45, 7) is 11.8. The summed E-state index contributed by atoms with van der Waals surface area (Å²) in [7, 11) is 6.77. The summed E-state index contributed by atoms with van der Waals surface area (Å²) in [5.74, 6) is 0. The second-order valence-electron chi connectivity index (χ2n) is 8.09. The lowest BCUT2D eigenvalue weighted by Crippen LogP contribution is -2.36. The minimum absolute atomic E-state index is 1.18. The molecule has 152 valence electrons. The van der Waals surface area contributed by atoms with Gasteiger partial charge >= 0.3 is 0 Å². The van der Waals surface area contributed by atoms with Gasteiger partial charge in [0.1, 0.15) is 0 Å². The van der Waals surface area contributed by atoms with Gasteiger partial charge in [0, 0.05) is 26.2 Å². The zero-order valence-corrected chi connectivity index (χ0v) is 18.4. The molecule has 0 aliphatic rings. The first-order valence-electron chi connectivity index (χ1n) is 11.2. The third-order valence-corrected chi connectivity index (χ3v) is 5.23. The molecule has 0 aromatic rings. The fraction of sp³-hybridized carbons (Fsp3) is 1.00. The Morgan fingerprint density at radius 1 is 0.360 bits per heavy atom. The molecule has 0 radical (unpaired) electrons. The highest BCUT2D eigenvalue weighted by molar-refractivity contribution is 4.60. The van der Waals surface area contributed by atoms with Gasteiger partial charge in [0.15, 0.2) is 0 Å². The second-order valence-corrected chi connectivity index (χ2v) is 8.09. The fourth-order valence-electron chi connectivity index (χ4n) is 3.27. The van der Waals surface area contributed by atoms with Crippen molar-refractivity contribution < 1.29 is 0 Å². The van der Waals surface area contributed by atoms with E-state index in [1.54, 1.807) is 0 Å². The molecule has 0 atom stereocenters. The van der Waals surface area contributed by atoms with E-state index in [0.717, 1.165) is 0 Å². The van der Waals surface area contributed by atoms with Crippen molar-refractivity contribution in [1.29, 1.82) is 0 Å². The molecule has 0 saturated carbocycles. The highest BCUT2D eigenvalue weighted by Gasteiger charge is 2.04. The van der Waals surface area contributed by atoms with Crippen molar-refractivity contribution in [2.45, 2.75) is 84.5 Å². The van der Waals surface area contributed by atoms with E-state index < -0.39 is 0 Å². The van der Waals surface area contributed by atoms with Gasteiger partial charge in [0.25, 0.3) is 0 Å². The maximum atomic E-state index is 2.51. The lowest BCUT2D eigenvalue weighted by molar-refractivity contribution is 0.224. The Morgan fingerprint density at radius 2 is 0.720 bits per heavy atom. The summed E-state index contributed by atoms with van der Waals surface area (Å²) >= 11 is 0. The quantitative estimate of drug-likeness (QED) is 0.298. The predicted molar refractivity (Wildman–Crippen MR) is 115 cm³/mol. The summed E-state index contributed by atoms with van der Waals surface area (Å²) in [4.78, 5) is 7.42. The van der Waals surface area contributed by atoms with Crippen molar-refractivity contribution in [2.24, 2.45) is 0 Å². The normalized spacial score (nSPS) is 12.0. The Kier molecular flexibility index (Phi) is 18.6. The highest BCUT2D eigenvalue weighted by atomic mass is 15.2. The molecule has 0 heterocycles. The summed E-state index contributed by atoms with van der Waals surface area (Å²) in [5, 5.41) is 0. The van der Waals surface area contributed by atoms with Crippen LogP contribution >= 0.6 is 0 Å². The van der Waals surface area contributed by atoms with E-state index in [4.69, 9.17) is 0 Å². The lowest BCUT2D eigenvalue weighted by atomic mass is 10.1. The Hall–Kier alpha value is -0.120. The van der Waals surface area contributed by atoms with E-state index in [2.05, 4.69) is 49.7 Å². The molecule has 0 spiro atoms. The average molecular weight is 356 g/mol. The number of likely N-dealkylation sites (N-methyl/N-ethyl adjacent to an activating group) is 3. The number of hydrogen-bond donors (Lipinski definition) is 0. The predicted octanol–water partition coefficient (Wildman–Crippen LogP) is 5.11. The van der Waals surface area contributed by atoms with Gasteiger partial charge in [-0.25, -0.2) is 0 Å². The smallest absolute Gasteiger partial charge is 0.0107 e. The first-order chi connectivity index (χ1) is 12.1. The van der Waals surface area contributed by atoms with E-state index in [1.165, 1.54) is 110 Å². The minimum atomic E-state index is 1.18. The minimum Gasteiger partial charge on any atom is -0.305 e. The van der Waals surface area contributed by atoms with Crippen LogP contribution in [0.5, 0.6) is 0 Å². The van der Waals surface area contributed by atoms with Gasteiger partial charge < -0.3 is 14.7 Å². The van der Waals surface area contributed by atoms with Crippen LogP contribution in [0.4, 0.5) is 0 Å². The van der Waals surface area contributed by atoms with Crippen molar-refractivity contribution in [2.75, 3.05) is 60.4 Å². The molecule has 0 fully saturated rings. The third kappa shape index (κ3) is 18.5. The number of unbranched alkanes of at least 4 members (excludes halogenated alkanes) is 9. The number of hydrogen-bond acceptors (Lipinski definition) is 3. The molecule has 0 aliphatic heterocycles. The molecule has 25 heavy (non-hydrogen) atoms. The standard InChI is InChI=1S/C22H49N3/c1-6-8-9-10-11-12-13-14-15-16-18-24(4)20-22-25(5)21-19-23(3)17-7-2/h6-22H2,1-5H3. The van der Waals surface area contributed by atoms with Crippen molar-refractivity contribution >= 4 is 0 Å². The summed E-state index contributed by atoms with van der Waals surface area (Å²) < 4.78 is 0. The van der Waals surface area contributed by atoms with Crippen LogP contribution in [0.3, 0.4) is 0 Å². The van der Waals surface area contributed by atoms with Crippen molar-refractivity contribution in [1.82, 2.24) is 14.7 Å². The third-order valence-electron chi connectivity index (χ3n) is 5.23. The van der Waals surface area contributed by atoms with Crippen LogP contribution in [0.2, 0.25) is 0 Å². The monoisotopic (exact) mass is 355 g/mol. The summed E-state index contributed by atoms with van der Waals surface area (Å²) in [6, 6.07) is 0. The second kappa shape index (κ2) is 18.7. The van der Waals surface area contributed by atoms with E-state index in [1.807, 2.05) is 0 Å². The first-order valence-corrected chi connectivity index (χ1v) is 11.2. The largest absolute Gasteiger partial charge is 0.305 e. The molecule has 3 heteroatoms.